The lowest BCUT2D eigenvalue weighted by molar-refractivity contribution is -0.122. The van der Waals surface area contributed by atoms with Crippen LogP contribution in [0.5, 0.6) is 0 Å². The van der Waals surface area contributed by atoms with Crippen molar-refractivity contribution in [3.8, 4) is 0 Å². The maximum Gasteiger partial charge on any atom is 0.220 e. The highest BCUT2D eigenvalue weighted by molar-refractivity contribution is 5.76. The Hall–Kier alpha value is -0.570. The summed E-state index contributed by atoms with van der Waals surface area (Å²) < 4.78 is 0. The normalized spacial score (nSPS) is 31.3. The summed E-state index contributed by atoms with van der Waals surface area (Å²) in [6, 6.07) is 0.363. The second-order valence-electron chi connectivity index (χ2n) is 4.86. The lowest BCUT2D eigenvalue weighted by Gasteiger charge is -2.32. The summed E-state index contributed by atoms with van der Waals surface area (Å²) >= 11 is 0. The van der Waals surface area contributed by atoms with E-state index in [1.165, 1.54) is 6.42 Å². The van der Waals surface area contributed by atoms with Gasteiger partial charge in [0.2, 0.25) is 5.91 Å². The van der Waals surface area contributed by atoms with Gasteiger partial charge in [0.25, 0.3) is 0 Å². The molecule has 0 aromatic rings. The van der Waals surface area contributed by atoms with Crippen molar-refractivity contribution in [2.45, 2.75) is 52.0 Å². The number of aliphatic hydroxyl groups is 1. The van der Waals surface area contributed by atoms with Crippen molar-refractivity contribution in [3.63, 3.8) is 0 Å². The Bertz CT molecular complexity index is 206. The summed E-state index contributed by atoms with van der Waals surface area (Å²) in [7, 11) is 0. The van der Waals surface area contributed by atoms with E-state index in [4.69, 9.17) is 5.11 Å². The topological polar surface area (TPSA) is 49.3 Å². The summed E-state index contributed by atoms with van der Waals surface area (Å²) in [5.74, 6) is 1.59. The molecule has 15 heavy (non-hydrogen) atoms. The average molecular weight is 213 g/mol. The van der Waals surface area contributed by atoms with Crippen LogP contribution in [0.2, 0.25) is 0 Å². The first-order valence-electron chi connectivity index (χ1n) is 6.03. The first-order chi connectivity index (χ1) is 7.13. The quantitative estimate of drug-likeness (QED) is 0.746. The summed E-state index contributed by atoms with van der Waals surface area (Å²) in [5, 5.41) is 11.7. The number of aliphatic hydroxyl groups excluding tert-OH is 1. The van der Waals surface area contributed by atoms with Crippen LogP contribution in [0.1, 0.15) is 46.0 Å². The molecule has 1 aliphatic carbocycles. The third-order valence-corrected chi connectivity index (χ3v) is 3.53. The van der Waals surface area contributed by atoms with Crippen molar-refractivity contribution in [1.82, 2.24) is 5.32 Å². The Balaban J connectivity index is 2.24. The van der Waals surface area contributed by atoms with Crippen molar-refractivity contribution in [2.24, 2.45) is 11.8 Å². The number of carbonyl (C=O) groups excluding carboxylic acids is 1. The maximum absolute atomic E-state index is 11.4. The fourth-order valence-electron chi connectivity index (χ4n) is 2.22. The monoisotopic (exact) mass is 213 g/mol. The zero-order valence-corrected chi connectivity index (χ0v) is 9.83. The van der Waals surface area contributed by atoms with Crippen molar-refractivity contribution >= 4 is 5.91 Å². The third-order valence-electron chi connectivity index (χ3n) is 3.53. The highest BCUT2D eigenvalue weighted by Gasteiger charge is 2.25. The number of rotatable bonds is 4. The van der Waals surface area contributed by atoms with Crippen molar-refractivity contribution < 1.29 is 9.90 Å². The van der Waals surface area contributed by atoms with Gasteiger partial charge in [-0.1, -0.05) is 13.8 Å². The Morgan fingerprint density at radius 1 is 1.33 bits per heavy atom. The molecule has 0 bridgehead atoms. The summed E-state index contributed by atoms with van der Waals surface area (Å²) in [4.78, 5) is 11.4. The van der Waals surface area contributed by atoms with Crippen molar-refractivity contribution in [3.05, 3.63) is 0 Å². The van der Waals surface area contributed by atoms with Crippen LogP contribution in [0.25, 0.3) is 0 Å². The molecule has 2 N–H and O–H groups in total. The van der Waals surface area contributed by atoms with Crippen LogP contribution in [0.15, 0.2) is 0 Å². The van der Waals surface area contributed by atoms with Crippen LogP contribution in [0, 0.1) is 11.8 Å². The predicted octanol–water partition coefficient (Wildman–Crippen LogP) is 1.70. The molecule has 1 fully saturated rings. The van der Waals surface area contributed by atoms with E-state index in [9.17, 15) is 4.79 Å². The van der Waals surface area contributed by atoms with Gasteiger partial charge in [0.05, 0.1) is 0 Å². The molecule has 0 aliphatic heterocycles. The lowest BCUT2D eigenvalue weighted by atomic mass is 9.79. The molecular weight excluding hydrogens is 190 g/mol. The van der Waals surface area contributed by atoms with Crippen LogP contribution in [-0.4, -0.2) is 23.7 Å². The van der Waals surface area contributed by atoms with E-state index in [0.717, 1.165) is 18.8 Å². The number of hydrogen-bond donors (Lipinski definition) is 2. The van der Waals surface area contributed by atoms with Crippen LogP contribution >= 0.6 is 0 Å². The highest BCUT2D eigenvalue weighted by Crippen LogP contribution is 2.29. The van der Waals surface area contributed by atoms with E-state index < -0.39 is 0 Å². The van der Waals surface area contributed by atoms with E-state index >= 15 is 0 Å². The molecule has 0 spiro atoms. The Kier molecular flexibility index (Phi) is 5.09. The standard InChI is InChI=1S/C12H23NO2/c1-9-5-6-11(8-10(9)2)13-12(15)4-3-7-14/h9-11,14H,3-8H2,1-2H3,(H,13,15). The van der Waals surface area contributed by atoms with Gasteiger partial charge in [-0.15, -0.1) is 0 Å². The first kappa shape index (κ1) is 12.5. The Morgan fingerprint density at radius 3 is 2.67 bits per heavy atom. The molecule has 0 saturated heterocycles. The second kappa shape index (κ2) is 6.11. The smallest absolute Gasteiger partial charge is 0.220 e. The van der Waals surface area contributed by atoms with Gasteiger partial charge in [-0.05, 0) is 37.5 Å². The highest BCUT2D eigenvalue weighted by atomic mass is 16.3. The molecule has 3 nitrogen and oxygen atoms in total. The molecule has 0 aromatic heterocycles. The molecule has 0 heterocycles. The van der Waals surface area contributed by atoms with Crippen LogP contribution in [-0.2, 0) is 4.79 Å². The zero-order chi connectivity index (χ0) is 11.3. The van der Waals surface area contributed by atoms with E-state index in [-0.39, 0.29) is 12.5 Å². The van der Waals surface area contributed by atoms with Crippen molar-refractivity contribution in [2.75, 3.05) is 6.61 Å². The minimum atomic E-state index is 0.0933. The third kappa shape index (κ3) is 4.20. The fraction of sp³-hybridized carbons (Fsp3) is 0.917. The van der Waals surface area contributed by atoms with Gasteiger partial charge in [-0.3, -0.25) is 4.79 Å². The van der Waals surface area contributed by atoms with Gasteiger partial charge in [-0.2, -0.15) is 0 Å². The van der Waals surface area contributed by atoms with Crippen molar-refractivity contribution in [1.29, 1.82) is 0 Å². The molecule has 1 amide bonds. The molecule has 0 aromatic carbocycles. The van der Waals surface area contributed by atoms with E-state index in [0.29, 0.717) is 24.8 Å². The van der Waals surface area contributed by atoms with Gasteiger partial charge in [0, 0.05) is 19.1 Å². The van der Waals surface area contributed by atoms with E-state index in [2.05, 4.69) is 19.2 Å². The average Bonchev–Trinajstić information content (AvgIpc) is 2.20. The van der Waals surface area contributed by atoms with E-state index in [1.54, 1.807) is 0 Å². The zero-order valence-electron chi connectivity index (χ0n) is 9.83. The minimum absolute atomic E-state index is 0.0933. The second-order valence-corrected chi connectivity index (χ2v) is 4.86. The van der Waals surface area contributed by atoms with Crippen LogP contribution in [0.3, 0.4) is 0 Å². The number of nitrogens with one attached hydrogen (secondary N) is 1. The van der Waals surface area contributed by atoms with Crippen LogP contribution < -0.4 is 5.32 Å². The molecule has 0 radical (unpaired) electrons. The van der Waals surface area contributed by atoms with Gasteiger partial charge >= 0.3 is 0 Å². The first-order valence-corrected chi connectivity index (χ1v) is 6.03. The largest absolute Gasteiger partial charge is 0.396 e. The van der Waals surface area contributed by atoms with Crippen LogP contribution in [0.4, 0.5) is 0 Å². The van der Waals surface area contributed by atoms with E-state index in [1.807, 2.05) is 0 Å². The lowest BCUT2D eigenvalue weighted by Crippen LogP contribution is -2.39. The number of carbonyl (C=O) groups is 1. The van der Waals surface area contributed by atoms with Gasteiger partial charge in [0.1, 0.15) is 0 Å². The van der Waals surface area contributed by atoms with Gasteiger partial charge in [0.15, 0.2) is 0 Å². The number of hydrogen-bond acceptors (Lipinski definition) is 2. The summed E-state index contributed by atoms with van der Waals surface area (Å²) in [5.41, 5.74) is 0. The fourth-order valence-corrected chi connectivity index (χ4v) is 2.22. The van der Waals surface area contributed by atoms with Gasteiger partial charge < -0.3 is 10.4 Å². The molecule has 3 atom stereocenters. The molecule has 3 heteroatoms. The maximum atomic E-state index is 11.4. The molecule has 1 saturated carbocycles. The molecule has 1 rings (SSSR count). The number of amides is 1. The molecular formula is C12H23NO2. The molecule has 1 aliphatic rings. The van der Waals surface area contributed by atoms with Gasteiger partial charge in [-0.25, -0.2) is 0 Å². The molecule has 88 valence electrons. The Morgan fingerprint density at radius 2 is 2.07 bits per heavy atom. The summed E-state index contributed by atoms with van der Waals surface area (Å²) in [6.45, 7) is 4.65. The molecule has 3 unspecified atom stereocenters. The summed E-state index contributed by atoms with van der Waals surface area (Å²) in [6.07, 6.45) is 4.45. The predicted molar refractivity (Wildman–Crippen MR) is 60.4 cm³/mol. The minimum Gasteiger partial charge on any atom is -0.396 e. The SMILES string of the molecule is CC1CCC(NC(=O)CCCO)CC1C. The Labute approximate surface area is 92.3 Å².